The van der Waals surface area contributed by atoms with Gasteiger partial charge in [0.2, 0.25) is 12.7 Å². The van der Waals surface area contributed by atoms with E-state index in [0.717, 1.165) is 6.42 Å². The van der Waals surface area contributed by atoms with Crippen LogP contribution in [0.5, 0.6) is 11.5 Å². The van der Waals surface area contributed by atoms with Crippen LogP contribution in [0, 0.1) is 0 Å². The Bertz CT molecular complexity index is 865. The first-order chi connectivity index (χ1) is 12.6. The number of nitrogens with zero attached hydrogens (tertiary/aromatic N) is 1. The number of amides is 2. The fourth-order valence-electron chi connectivity index (χ4n) is 3.34. The smallest absolute Gasteiger partial charge is 0.252 e. The van der Waals surface area contributed by atoms with Crippen molar-refractivity contribution < 1.29 is 19.1 Å². The molecule has 2 heterocycles. The van der Waals surface area contributed by atoms with Crippen LogP contribution in [0.15, 0.2) is 42.5 Å². The summed E-state index contributed by atoms with van der Waals surface area (Å²) in [6.45, 7) is 3.12. The first kappa shape index (κ1) is 16.4. The molecule has 6 nitrogen and oxygen atoms in total. The predicted octanol–water partition coefficient (Wildman–Crippen LogP) is 2.12. The lowest BCUT2D eigenvalue weighted by Gasteiger charge is -2.31. The number of rotatable bonds is 3. The highest BCUT2D eigenvalue weighted by molar-refractivity contribution is 5.98. The van der Waals surface area contributed by atoms with Gasteiger partial charge in [-0.2, -0.15) is 0 Å². The van der Waals surface area contributed by atoms with Gasteiger partial charge in [-0.25, -0.2) is 0 Å². The molecule has 0 saturated heterocycles. The lowest BCUT2D eigenvalue weighted by Crippen LogP contribution is -2.48. The Labute approximate surface area is 151 Å². The summed E-state index contributed by atoms with van der Waals surface area (Å²) in [7, 11) is 0. The van der Waals surface area contributed by atoms with Gasteiger partial charge >= 0.3 is 0 Å². The second-order valence-electron chi connectivity index (χ2n) is 6.54. The van der Waals surface area contributed by atoms with Crippen LogP contribution in [-0.2, 0) is 17.8 Å². The van der Waals surface area contributed by atoms with Gasteiger partial charge in [-0.05, 0) is 42.7 Å². The zero-order chi connectivity index (χ0) is 18.1. The molecule has 2 aromatic rings. The number of hydrogen-bond donors (Lipinski definition) is 1. The highest BCUT2D eigenvalue weighted by Gasteiger charge is 2.26. The topological polar surface area (TPSA) is 67.9 Å². The number of carbonyl (C=O) groups excluding carboxylic acids is 2. The average Bonchev–Trinajstić information content (AvgIpc) is 3.14. The van der Waals surface area contributed by atoms with Crippen molar-refractivity contribution in [1.29, 1.82) is 0 Å². The Morgan fingerprint density at radius 2 is 1.85 bits per heavy atom. The van der Waals surface area contributed by atoms with Crippen LogP contribution in [0.4, 0.5) is 0 Å². The van der Waals surface area contributed by atoms with Crippen molar-refractivity contribution in [3.8, 4) is 11.5 Å². The van der Waals surface area contributed by atoms with Gasteiger partial charge in [0.25, 0.3) is 5.91 Å². The SMILES string of the molecule is C[C@@H](NC(=O)c1ccc2c(c1)OCO2)C(=O)N1CCc2ccccc2C1. The summed E-state index contributed by atoms with van der Waals surface area (Å²) >= 11 is 0. The lowest BCUT2D eigenvalue weighted by atomic mass is 9.99. The summed E-state index contributed by atoms with van der Waals surface area (Å²) in [6.07, 6.45) is 0.838. The van der Waals surface area contributed by atoms with Crippen LogP contribution in [0.2, 0.25) is 0 Å². The summed E-state index contributed by atoms with van der Waals surface area (Å²) < 4.78 is 10.5. The Morgan fingerprint density at radius 1 is 1.08 bits per heavy atom. The molecule has 0 aromatic heterocycles. The van der Waals surface area contributed by atoms with Gasteiger partial charge in [0, 0.05) is 18.7 Å². The zero-order valence-corrected chi connectivity index (χ0v) is 14.5. The molecule has 0 saturated carbocycles. The summed E-state index contributed by atoms with van der Waals surface area (Å²) in [5.41, 5.74) is 2.90. The molecular weight excluding hydrogens is 332 g/mol. The van der Waals surface area contributed by atoms with E-state index >= 15 is 0 Å². The molecule has 2 aliphatic rings. The lowest BCUT2D eigenvalue weighted by molar-refractivity contribution is -0.133. The van der Waals surface area contributed by atoms with E-state index in [1.807, 2.05) is 18.2 Å². The summed E-state index contributed by atoms with van der Waals surface area (Å²) in [5, 5.41) is 2.78. The number of hydrogen-bond acceptors (Lipinski definition) is 4. The largest absolute Gasteiger partial charge is 0.454 e. The molecule has 2 aromatic carbocycles. The highest BCUT2D eigenvalue weighted by Crippen LogP contribution is 2.32. The minimum atomic E-state index is -0.599. The molecular formula is C20H20N2O4. The molecule has 1 N–H and O–H groups in total. The first-order valence-corrected chi connectivity index (χ1v) is 8.68. The summed E-state index contributed by atoms with van der Waals surface area (Å²) in [4.78, 5) is 27.0. The molecule has 2 aliphatic heterocycles. The molecule has 134 valence electrons. The second-order valence-corrected chi connectivity index (χ2v) is 6.54. The third-order valence-electron chi connectivity index (χ3n) is 4.80. The fourth-order valence-corrected chi connectivity index (χ4v) is 3.34. The minimum absolute atomic E-state index is 0.0754. The van der Waals surface area contributed by atoms with Gasteiger partial charge in [-0.15, -0.1) is 0 Å². The van der Waals surface area contributed by atoms with Gasteiger partial charge in [-0.3, -0.25) is 9.59 Å². The number of fused-ring (bicyclic) bond motifs is 2. The molecule has 0 aliphatic carbocycles. The monoisotopic (exact) mass is 352 g/mol. The molecule has 26 heavy (non-hydrogen) atoms. The second kappa shape index (κ2) is 6.71. The van der Waals surface area contributed by atoms with Crippen molar-refractivity contribution in [3.63, 3.8) is 0 Å². The number of carbonyl (C=O) groups is 2. The molecule has 0 bridgehead atoms. The molecule has 0 spiro atoms. The molecule has 0 fully saturated rings. The Morgan fingerprint density at radius 3 is 2.69 bits per heavy atom. The Balaban J connectivity index is 1.41. The molecule has 0 unspecified atom stereocenters. The van der Waals surface area contributed by atoms with Gasteiger partial charge < -0.3 is 19.7 Å². The number of nitrogens with one attached hydrogen (secondary N) is 1. The third kappa shape index (κ3) is 3.10. The van der Waals surface area contributed by atoms with E-state index in [1.165, 1.54) is 11.1 Å². The zero-order valence-electron chi connectivity index (χ0n) is 14.5. The minimum Gasteiger partial charge on any atom is -0.454 e. The Kier molecular flexibility index (Phi) is 4.24. The van der Waals surface area contributed by atoms with Crippen molar-refractivity contribution in [2.75, 3.05) is 13.3 Å². The van der Waals surface area contributed by atoms with E-state index in [9.17, 15) is 9.59 Å². The fraction of sp³-hybridized carbons (Fsp3) is 0.300. The molecule has 6 heteroatoms. The van der Waals surface area contributed by atoms with Crippen LogP contribution in [0.3, 0.4) is 0 Å². The molecule has 2 amide bonds. The highest BCUT2D eigenvalue weighted by atomic mass is 16.7. The Hall–Kier alpha value is -3.02. The van der Waals surface area contributed by atoms with Crippen molar-refractivity contribution in [2.24, 2.45) is 0 Å². The van der Waals surface area contributed by atoms with Crippen LogP contribution < -0.4 is 14.8 Å². The number of ether oxygens (including phenoxy) is 2. The van der Waals surface area contributed by atoms with Gasteiger partial charge in [0.15, 0.2) is 11.5 Å². The van der Waals surface area contributed by atoms with Crippen molar-refractivity contribution in [1.82, 2.24) is 10.2 Å². The van der Waals surface area contributed by atoms with E-state index in [0.29, 0.717) is 30.2 Å². The van der Waals surface area contributed by atoms with Crippen LogP contribution in [0.1, 0.15) is 28.4 Å². The van der Waals surface area contributed by atoms with Crippen molar-refractivity contribution >= 4 is 11.8 Å². The summed E-state index contributed by atoms with van der Waals surface area (Å²) in [5.74, 6) is 0.789. The number of benzene rings is 2. The van der Waals surface area contributed by atoms with Gasteiger partial charge in [0.05, 0.1) is 0 Å². The van der Waals surface area contributed by atoms with Crippen molar-refractivity contribution in [2.45, 2.75) is 25.9 Å². The first-order valence-electron chi connectivity index (χ1n) is 8.68. The molecule has 0 radical (unpaired) electrons. The van der Waals surface area contributed by atoms with Crippen molar-refractivity contribution in [3.05, 3.63) is 59.2 Å². The van der Waals surface area contributed by atoms with E-state index < -0.39 is 6.04 Å². The predicted molar refractivity (Wildman–Crippen MR) is 95.1 cm³/mol. The van der Waals surface area contributed by atoms with E-state index in [2.05, 4.69) is 11.4 Å². The van der Waals surface area contributed by atoms with E-state index in [4.69, 9.17) is 9.47 Å². The normalized spacial score (nSPS) is 16.0. The van der Waals surface area contributed by atoms with Crippen LogP contribution in [0.25, 0.3) is 0 Å². The van der Waals surface area contributed by atoms with Gasteiger partial charge in [0.1, 0.15) is 6.04 Å². The maximum atomic E-state index is 12.7. The van der Waals surface area contributed by atoms with Crippen LogP contribution >= 0.6 is 0 Å². The third-order valence-corrected chi connectivity index (χ3v) is 4.80. The van der Waals surface area contributed by atoms with Crippen LogP contribution in [-0.4, -0.2) is 36.1 Å². The van der Waals surface area contributed by atoms with E-state index in [-0.39, 0.29) is 18.6 Å². The average molecular weight is 352 g/mol. The molecule has 4 rings (SSSR count). The maximum absolute atomic E-state index is 12.7. The summed E-state index contributed by atoms with van der Waals surface area (Å²) in [6, 6.07) is 12.5. The van der Waals surface area contributed by atoms with E-state index in [1.54, 1.807) is 30.0 Å². The quantitative estimate of drug-likeness (QED) is 0.919. The molecule has 1 atom stereocenters. The van der Waals surface area contributed by atoms with Gasteiger partial charge in [-0.1, -0.05) is 24.3 Å². The standard InChI is InChI=1S/C20H20N2O4/c1-13(20(24)22-9-8-14-4-2-3-5-16(14)11-22)21-19(23)15-6-7-17-18(10-15)26-12-25-17/h2-7,10,13H,8-9,11-12H2,1H3,(H,21,23)/t13-/m1/s1. The maximum Gasteiger partial charge on any atom is 0.252 e.